The number of thiazole rings is 1. The molecule has 0 atom stereocenters. The molecular formula is C11H19N3S. The van der Waals surface area contributed by atoms with Crippen molar-refractivity contribution in [2.45, 2.75) is 44.7 Å². The average Bonchev–Trinajstić information content (AvgIpc) is 2.65. The first-order chi connectivity index (χ1) is 7.16. The highest BCUT2D eigenvalue weighted by atomic mass is 32.1. The first-order valence-electron chi connectivity index (χ1n) is 5.57. The molecular weight excluding hydrogens is 206 g/mol. The normalized spacial score (nSPS) is 26.6. The second kappa shape index (κ2) is 4.49. The number of aromatic nitrogens is 1. The molecule has 1 aliphatic carbocycles. The lowest BCUT2D eigenvalue weighted by Gasteiger charge is -2.33. The van der Waals surface area contributed by atoms with Crippen LogP contribution in [0.3, 0.4) is 0 Å². The Kier molecular flexibility index (Phi) is 3.26. The van der Waals surface area contributed by atoms with E-state index >= 15 is 0 Å². The van der Waals surface area contributed by atoms with Gasteiger partial charge in [0.15, 0.2) is 5.13 Å². The van der Waals surface area contributed by atoms with E-state index in [9.17, 15) is 0 Å². The summed E-state index contributed by atoms with van der Waals surface area (Å²) in [4.78, 5) is 8.03. The Balaban J connectivity index is 1.99. The van der Waals surface area contributed by atoms with Gasteiger partial charge in [0.25, 0.3) is 0 Å². The molecule has 1 aromatic heterocycles. The van der Waals surface area contributed by atoms with Crippen LogP contribution in [-0.4, -0.2) is 24.1 Å². The molecule has 0 aliphatic heterocycles. The van der Waals surface area contributed by atoms with Gasteiger partial charge in [-0.3, -0.25) is 0 Å². The zero-order chi connectivity index (χ0) is 10.8. The van der Waals surface area contributed by atoms with Crippen LogP contribution in [0.1, 0.15) is 30.6 Å². The predicted molar refractivity (Wildman–Crippen MR) is 65.5 cm³/mol. The zero-order valence-corrected chi connectivity index (χ0v) is 10.3. The van der Waals surface area contributed by atoms with Gasteiger partial charge in [0.2, 0.25) is 0 Å². The Hall–Kier alpha value is -0.610. The van der Waals surface area contributed by atoms with Crippen LogP contribution in [0.4, 0.5) is 5.13 Å². The Morgan fingerprint density at radius 2 is 2.07 bits per heavy atom. The fourth-order valence-corrected chi connectivity index (χ4v) is 2.94. The van der Waals surface area contributed by atoms with Crippen LogP contribution in [0.5, 0.6) is 0 Å². The van der Waals surface area contributed by atoms with Crippen molar-refractivity contribution in [3.63, 3.8) is 0 Å². The molecule has 3 nitrogen and oxygen atoms in total. The number of rotatable bonds is 2. The number of anilines is 1. The molecule has 1 heterocycles. The molecule has 0 radical (unpaired) electrons. The van der Waals surface area contributed by atoms with E-state index in [0.717, 1.165) is 18.0 Å². The Morgan fingerprint density at radius 3 is 2.60 bits per heavy atom. The van der Waals surface area contributed by atoms with Crippen molar-refractivity contribution < 1.29 is 0 Å². The summed E-state index contributed by atoms with van der Waals surface area (Å²) in [5, 5.41) is 1.15. The van der Waals surface area contributed by atoms with Crippen LogP contribution in [0, 0.1) is 6.92 Å². The van der Waals surface area contributed by atoms with Gasteiger partial charge in [-0.2, -0.15) is 0 Å². The van der Waals surface area contributed by atoms with E-state index in [2.05, 4.69) is 23.9 Å². The van der Waals surface area contributed by atoms with Crippen molar-refractivity contribution in [3.05, 3.63) is 11.1 Å². The number of aryl methyl sites for hydroxylation is 1. The fourth-order valence-electron chi connectivity index (χ4n) is 2.15. The SMILES string of the molecule is Cc1cnc(N(C)C2CCC(N)CC2)s1. The molecule has 15 heavy (non-hydrogen) atoms. The maximum atomic E-state index is 5.91. The number of nitrogens with two attached hydrogens (primary N) is 1. The molecule has 0 unspecified atom stereocenters. The minimum absolute atomic E-state index is 0.424. The highest BCUT2D eigenvalue weighted by molar-refractivity contribution is 7.15. The first kappa shape index (κ1) is 10.9. The number of hydrogen-bond acceptors (Lipinski definition) is 4. The molecule has 2 N–H and O–H groups in total. The van der Waals surface area contributed by atoms with Crippen LogP contribution >= 0.6 is 11.3 Å². The number of nitrogens with zero attached hydrogens (tertiary/aromatic N) is 2. The van der Waals surface area contributed by atoms with E-state index < -0.39 is 0 Å². The Morgan fingerprint density at radius 1 is 1.40 bits per heavy atom. The summed E-state index contributed by atoms with van der Waals surface area (Å²) in [7, 11) is 2.15. The van der Waals surface area contributed by atoms with Crippen molar-refractivity contribution in [1.29, 1.82) is 0 Å². The quantitative estimate of drug-likeness (QED) is 0.838. The maximum absolute atomic E-state index is 5.91. The van der Waals surface area contributed by atoms with Gasteiger partial charge in [-0.25, -0.2) is 4.98 Å². The van der Waals surface area contributed by atoms with Crippen molar-refractivity contribution in [2.24, 2.45) is 5.73 Å². The standard InChI is InChI=1S/C11H19N3S/c1-8-7-13-11(15-8)14(2)10-5-3-9(12)4-6-10/h7,9-10H,3-6,12H2,1-2H3. The van der Waals surface area contributed by atoms with Crippen molar-refractivity contribution in [2.75, 3.05) is 11.9 Å². The molecule has 0 amide bonds. The summed E-state index contributed by atoms with van der Waals surface area (Å²) >= 11 is 1.77. The molecule has 1 aromatic rings. The molecule has 1 fully saturated rings. The summed E-state index contributed by atoms with van der Waals surface area (Å²) in [5.74, 6) is 0. The van der Waals surface area contributed by atoms with E-state index in [-0.39, 0.29) is 0 Å². The van der Waals surface area contributed by atoms with Crippen molar-refractivity contribution >= 4 is 16.5 Å². The van der Waals surface area contributed by atoms with E-state index in [4.69, 9.17) is 5.73 Å². The topological polar surface area (TPSA) is 42.2 Å². The van der Waals surface area contributed by atoms with Crippen LogP contribution < -0.4 is 10.6 Å². The first-order valence-corrected chi connectivity index (χ1v) is 6.39. The lowest BCUT2D eigenvalue weighted by Crippen LogP contribution is -2.38. The molecule has 0 spiro atoms. The van der Waals surface area contributed by atoms with Gasteiger partial charge in [0.05, 0.1) is 0 Å². The van der Waals surface area contributed by atoms with E-state index in [1.54, 1.807) is 11.3 Å². The third-order valence-corrected chi connectivity index (χ3v) is 4.20. The van der Waals surface area contributed by atoms with Crippen LogP contribution in [0.15, 0.2) is 6.20 Å². The summed E-state index contributed by atoms with van der Waals surface area (Å²) in [6, 6.07) is 1.06. The summed E-state index contributed by atoms with van der Waals surface area (Å²) in [6.45, 7) is 2.10. The fraction of sp³-hybridized carbons (Fsp3) is 0.727. The smallest absolute Gasteiger partial charge is 0.185 e. The van der Waals surface area contributed by atoms with E-state index in [1.165, 1.54) is 17.7 Å². The third-order valence-electron chi connectivity index (χ3n) is 3.20. The van der Waals surface area contributed by atoms with Gasteiger partial charge in [-0.05, 0) is 32.6 Å². The molecule has 1 aliphatic rings. The highest BCUT2D eigenvalue weighted by Gasteiger charge is 2.23. The molecule has 0 aromatic carbocycles. The number of hydrogen-bond donors (Lipinski definition) is 1. The third kappa shape index (κ3) is 2.49. The van der Waals surface area contributed by atoms with Gasteiger partial charge >= 0.3 is 0 Å². The average molecular weight is 225 g/mol. The lowest BCUT2D eigenvalue weighted by atomic mass is 9.91. The molecule has 84 valence electrons. The van der Waals surface area contributed by atoms with E-state index in [1.807, 2.05) is 6.20 Å². The van der Waals surface area contributed by atoms with Crippen molar-refractivity contribution in [3.8, 4) is 0 Å². The monoisotopic (exact) mass is 225 g/mol. The molecule has 1 saturated carbocycles. The minimum atomic E-state index is 0.424. The second-order valence-corrected chi connectivity index (χ2v) is 5.65. The summed E-state index contributed by atoms with van der Waals surface area (Å²) in [5.41, 5.74) is 5.91. The van der Waals surface area contributed by atoms with Gasteiger partial charge in [0.1, 0.15) is 0 Å². The largest absolute Gasteiger partial charge is 0.348 e. The highest BCUT2D eigenvalue weighted by Crippen LogP contribution is 2.28. The van der Waals surface area contributed by atoms with Crippen LogP contribution in [0.2, 0.25) is 0 Å². The van der Waals surface area contributed by atoms with Gasteiger partial charge in [-0.15, -0.1) is 11.3 Å². The van der Waals surface area contributed by atoms with E-state index in [0.29, 0.717) is 12.1 Å². The van der Waals surface area contributed by atoms with Gasteiger partial charge in [0, 0.05) is 30.2 Å². The zero-order valence-electron chi connectivity index (χ0n) is 9.44. The molecule has 0 saturated heterocycles. The van der Waals surface area contributed by atoms with Gasteiger partial charge < -0.3 is 10.6 Å². The molecule has 4 heteroatoms. The van der Waals surface area contributed by atoms with Crippen LogP contribution in [-0.2, 0) is 0 Å². The predicted octanol–water partition coefficient (Wildman–Crippen LogP) is 2.16. The summed E-state index contributed by atoms with van der Waals surface area (Å²) in [6.07, 6.45) is 6.66. The molecule has 0 bridgehead atoms. The Labute approximate surface area is 95.3 Å². The van der Waals surface area contributed by atoms with Crippen molar-refractivity contribution in [1.82, 2.24) is 4.98 Å². The van der Waals surface area contributed by atoms with Gasteiger partial charge in [-0.1, -0.05) is 0 Å². The summed E-state index contributed by atoms with van der Waals surface area (Å²) < 4.78 is 0. The molecule has 2 rings (SSSR count). The Bertz CT molecular complexity index is 315. The second-order valence-electron chi connectivity index (χ2n) is 4.43. The minimum Gasteiger partial charge on any atom is -0.348 e. The van der Waals surface area contributed by atoms with Crippen LogP contribution in [0.25, 0.3) is 0 Å². The lowest BCUT2D eigenvalue weighted by molar-refractivity contribution is 0.385. The maximum Gasteiger partial charge on any atom is 0.185 e.